The molecular formula is C23H27N5O3. The Kier molecular flexibility index (Phi) is 6.35. The zero-order valence-corrected chi connectivity index (χ0v) is 17.8. The highest BCUT2D eigenvalue weighted by Gasteiger charge is 2.25. The number of ether oxygens (including phenoxy) is 2. The smallest absolute Gasteiger partial charge is 0.225 e. The molecular weight excluding hydrogens is 394 g/mol. The summed E-state index contributed by atoms with van der Waals surface area (Å²) in [6.45, 7) is 1.52. The monoisotopic (exact) mass is 421 g/mol. The quantitative estimate of drug-likeness (QED) is 0.581. The van der Waals surface area contributed by atoms with Gasteiger partial charge in [-0.2, -0.15) is 0 Å². The van der Waals surface area contributed by atoms with Gasteiger partial charge in [-0.1, -0.05) is 6.07 Å². The van der Waals surface area contributed by atoms with Crippen LogP contribution in [-0.2, 0) is 11.2 Å². The molecule has 2 aromatic heterocycles. The largest absolute Gasteiger partial charge is 0.493 e. The van der Waals surface area contributed by atoms with Gasteiger partial charge in [0, 0.05) is 37.9 Å². The molecule has 31 heavy (non-hydrogen) atoms. The Hall–Kier alpha value is -3.55. The van der Waals surface area contributed by atoms with Crippen molar-refractivity contribution in [1.82, 2.24) is 20.3 Å². The number of H-pyrrole nitrogens is 1. The van der Waals surface area contributed by atoms with Crippen LogP contribution in [-0.4, -0.2) is 54.2 Å². The Labute approximate surface area is 181 Å². The van der Waals surface area contributed by atoms with E-state index in [0.717, 1.165) is 29.9 Å². The van der Waals surface area contributed by atoms with E-state index >= 15 is 0 Å². The maximum absolute atomic E-state index is 12.5. The second-order valence-electron chi connectivity index (χ2n) is 7.51. The van der Waals surface area contributed by atoms with Crippen LogP contribution in [0.5, 0.6) is 11.5 Å². The predicted molar refractivity (Wildman–Crippen MR) is 118 cm³/mol. The first-order chi connectivity index (χ1) is 15.2. The third-order valence-electron chi connectivity index (χ3n) is 5.44. The van der Waals surface area contributed by atoms with Crippen molar-refractivity contribution < 1.29 is 14.3 Å². The second-order valence-corrected chi connectivity index (χ2v) is 7.51. The van der Waals surface area contributed by atoms with E-state index in [1.807, 2.05) is 42.6 Å². The minimum absolute atomic E-state index is 0.0442. The Morgan fingerprint density at radius 3 is 2.87 bits per heavy atom. The normalized spacial score (nSPS) is 15.7. The SMILES string of the molecule is COc1ccc(CCC(=O)NC2CCN(c3nccc(-c4ccc[nH]4)n3)C2)cc1OC. The van der Waals surface area contributed by atoms with E-state index in [1.165, 1.54) is 0 Å². The van der Waals surface area contributed by atoms with Gasteiger partial charge in [0.05, 0.1) is 25.6 Å². The lowest BCUT2D eigenvalue weighted by atomic mass is 10.1. The maximum Gasteiger partial charge on any atom is 0.225 e. The molecule has 0 saturated carbocycles. The number of nitrogens with one attached hydrogen (secondary N) is 2. The summed E-state index contributed by atoms with van der Waals surface area (Å²) < 4.78 is 10.6. The molecule has 1 amide bonds. The first-order valence-electron chi connectivity index (χ1n) is 10.4. The zero-order chi connectivity index (χ0) is 21.6. The van der Waals surface area contributed by atoms with Crippen molar-refractivity contribution in [3.05, 3.63) is 54.4 Å². The van der Waals surface area contributed by atoms with Crippen LogP contribution in [0.15, 0.2) is 48.8 Å². The molecule has 1 fully saturated rings. The van der Waals surface area contributed by atoms with Gasteiger partial charge in [0.25, 0.3) is 0 Å². The fourth-order valence-electron chi connectivity index (χ4n) is 3.79. The van der Waals surface area contributed by atoms with Gasteiger partial charge in [0.15, 0.2) is 11.5 Å². The summed E-state index contributed by atoms with van der Waals surface area (Å²) in [5, 5.41) is 3.14. The number of aromatic amines is 1. The Morgan fingerprint density at radius 1 is 1.23 bits per heavy atom. The number of benzene rings is 1. The van der Waals surface area contributed by atoms with Gasteiger partial charge in [-0.05, 0) is 48.7 Å². The standard InChI is InChI=1S/C23H27N5O3/c1-30-20-7-5-16(14-21(20)31-2)6-8-22(29)26-17-10-13-28(15-17)23-25-12-9-19(27-23)18-4-3-11-24-18/h3-5,7,9,11-12,14,17,24H,6,8,10,13,15H2,1-2H3,(H,26,29). The number of aromatic nitrogens is 3. The van der Waals surface area contributed by atoms with Gasteiger partial charge in [-0.15, -0.1) is 0 Å². The van der Waals surface area contributed by atoms with Crippen molar-refractivity contribution in [2.24, 2.45) is 0 Å². The van der Waals surface area contributed by atoms with Crippen LogP contribution in [0.25, 0.3) is 11.4 Å². The van der Waals surface area contributed by atoms with E-state index in [1.54, 1.807) is 20.4 Å². The summed E-state index contributed by atoms with van der Waals surface area (Å²) in [6, 6.07) is 11.6. The van der Waals surface area contributed by atoms with E-state index in [-0.39, 0.29) is 11.9 Å². The highest BCUT2D eigenvalue weighted by atomic mass is 16.5. The van der Waals surface area contributed by atoms with Gasteiger partial charge in [-0.3, -0.25) is 4.79 Å². The molecule has 0 aliphatic carbocycles. The summed E-state index contributed by atoms with van der Waals surface area (Å²) in [4.78, 5) is 26.8. The van der Waals surface area contributed by atoms with Crippen LogP contribution in [0.3, 0.4) is 0 Å². The number of nitrogens with zero attached hydrogens (tertiary/aromatic N) is 3. The van der Waals surface area contributed by atoms with Gasteiger partial charge >= 0.3 is 0 Å². The minimum atomic E-state index is 0.0442. The average molecular weight is 422 g/mol. The molecule has 2 N–H and O–H groups in total. The molecule has 0 radical (unpaired) electrons. The molecule has 3 heterocycles. The molecule has 4 rings (SSSR count). The molecule has 0 spiro atoms. The van der Waals surface area contributed by atoms with Crippen molar-refractivity contribution in [3.8, 4) is 22.9 Å². The van der Waals surface area contributed by atoms with E-state index < -0.39 is 0 Å². The van der Waals surface area contributed by atoms with Gasteiger partial charge in [0.2, 0.25) is 11.9 Å². The number of aryl methyl sites for hydroxylation is 1. The van der Waals surface area contributed by atoms with Crippen LogP contribution in [0.2, 0.25) is 0 Å². The lowest BCUT2D eigenvalue weighted by Gasteiger charge is -2.17. The molecule has 1 unspecified atom stereocenters. The third kappa shape index (κ3) is 4.96. The number of carbonyl (C=O) groups excluding carboxylic acids is 1. The predicted octanol–water partition coefficient (Wildman–Crippen LogP) is 2.82. The van der Waals surface area contributed by atoms with E-state index in [0.29, 0.717) is 36.8 Å². The fourth-order valence-corrected chi connectivity index (χ4v) is 3.79. The number of hydrogen-bond acceptors (Lipinski definition) is 6. The van der Waals surface area contributed by atoms with Crippen molar-refractivity contribution in [2.45, 2.75) is 25.3 Å². The highest BCUT2D eigenvalue weighted by Crippen LogP contribution is 2.28. The number of amides is 1. The molecule has 3 aromatic rings. The first-order valence-corrected chi connectivity index (χ1v) is 10.4. The van der Waals surface area contributed by atoms with Crippen LogP contribution in [0, 0.1) is 0 Å². The molecule has 8 heteroatoms. The highest BCUT2D eigenvalue weighted by molar-refractivity contribution is 5.76. The van der Waals surface area contributed by atoms with Crippen molar-refractivity contribution >= 4 is 11.9 Å². The summed E-state index contributed by atoms with van der Waals surface area (Å²) >= 11 is 0. The topological polar surface area (TPSA) is 92.4 Å². The van der Waals surface area contributed by atoms with Crippen LogP contribution in [0.4, 0.5) is 5.95 Å². The van der Waals surface area contributed by atoms with Crippen LogP contribution < -0.4 is 19.7 Å². The van der Waals surface area contributed by atoms with E-state index in [4.69, 9.17) is 9.47 Å². The fraction of sp³-hybridized carbons (Fsp3) is 0.348. The van der Waals surface area contributed by atoms with Crippen LogP contribution >= 0.6 is 0 Å². The zero-order valence-electron chi connectivity index (χ0n) is 17.8. The van der Waals surface area contributed by atoms with E-state index in [9.17, 15) is 4.79 Å². The number of hydrogen-bond donors (Lipinski definition) is 2. The second kappa shape index (κ2) is 9.51. The molecule has 1 aliphatic heterocycles. The minimum Gasteiger partial charge on any atom is -0.493 e. The summed E-state index contributed by atoms with van der Waals surface area (Å²) in [5.74, 6) is 2.09. The number of anilines is 1. The number of methoxy groups -OCH3 is 2. The Bertz CT molecular complexity index is 1020. The summed E-state index contributed by atoms with van der Waals surface area (Å²) in [7, 11) is 3.22. The first kappa shape index (κ1) is 20.7. The van der Waals surface area contributed by atoms with Crippen molar-refractivity contribution in [3.63, 3.8) is 0 Å². The summed E-state index contributed by atoms with van der Waals surface area (Å²) in [6.07, 6.45) is 5.58. The Morgan fingerprint density at radius 2 is 2.10 bits per heavy atom. The van der Waals surface area contributed by atoms with Crippen LogP contribution in [0.1, 0.15) is 18.4 Å². The van der Waals surface area contributed by atoms with Crippen molar-refractivity contribution in [1.29, 1.82) is 0 Å². The Balaban J connectivity index is 1.29. The van der Waals surface area contributed by atoms with E-state index in [2.05, 4.69) is 25.2 Å². The van der Waals surface area contributed by atoms with Gasteiger partial charge in [0.1, 0.15) is 0 Å². The van der Waals surface area contributed by atoms with Gasteiger partial charge < -0.3 is 24.7 Å². The average Bonchev–Trinajstić information content (AvgIpc) is 3.50. The molecule has 0 bridgehead atoms. The van der Waals surface area contributed by atoms with Crippen molar-refractivity contribution in [2.75, 3.05) is 32.2 Å². The summed E-state index contributed by atoms with van der Waals surface area (Å²) in [5.41, 5.74) is 2.86. The number of rotatable bonds is 8. The molecule has 1 atom stereocenters. The van der Waals surface area contributed by atoms with Gasteiger partial charge in [-0.25, -0.2) is 9.97 Å². The molecule has 1 aromatic carbocycles. The molecule has 162 valence electrons. The number of carbonyl (C=O) groups is 1. The third-order valence-corrected chi connectivity index (χ3v) is 5.44. The lowest BCUT2D eigenvalue weighted by molar-refractivity contribution is -0.121. The lowest BCUT2D eigenvalue weighted by Crippen LogP contribution is -2.37. The molecule has 8 nitrogen and oxygen atoms in total. The molecule has 1 aliphatic rings. The maximum atomic E-state index is 12.5. The molecule has 1 saturated heterocycles.